The Morgan fingerprint density at radius 2 is 1.95 bits per heavy atom. The standard InChI is InChI=1S/C14H23N7/c1-12(15)18-14(19(2)16)21-9-7-20(8-10-21)11-13-3-5-17-6-4-13/h3-6H,1,7-11,15-16H2,2H3/b18-14+. The minimum absolute atomic E-state index is 0.265. The van der Waals surface area contributed by atoms with E-state index in [4.69, 9.17) is 11.6 Å². The number of aliphatic imine (C=N–C) groups is 1. The van der Waals surface area contributed by atoms with Crippen LogP contribution in [0.3, 0.4) is 0 Å². The fourth-order valence-corrected chi connectivity index (χ4v) is 2.35. The number of piperazine rings is 1. The minimum Gasteiger partial charge on any atom is -0.384 e. The van der Waals surface area contributed by atoms with Gasteiger partial charge >= 0.3 is 0 Å². The van der Waals surface area contributed by atoms with Crippen LogP contribution >= 0.6 is 0 Å². The predicted molar refractivity (Wildman–Crippen MR) is 83.8 cm³/mol. The molecular weight excluding hydrogens is 266 g/mol. The Labute approximate surface area is 125 Å². The second-order valence-corrected chi connectivity index (χ2v) is 5.13. The molecule has 0 bridgehead atoms. The highest BCUT2D eigenvalue weighted by molar-refractivity contribution is 5.80. The van der Waals surface area contributed by atoms with Gasteiger partial charge in [-0.15, -0.1) is 0 Å². The summed E-state index contributed by atoms with van der Waals surface area (Å²) in [7, 11) is 1.76. The van der Waals surface area contributed by atoms with Crippen molar-refractivity contribution in [2.45, 2.75) is 6.54 Å². The van der Waals surface area contributed by atoms with Crippen molar-refractivity contribution in [1.82, 2.24) is 19.8 Å². The van der Waals surface area contributed by atoms with Crippen molar-refractivity contribution >= 4 is 5.96 Å². The SMILES string of the molecule is C=C(N)/N=C(\N(C)N)N1CCN(Cc2ccncc2)CC1. The van der Waals surface area contributed by atoms with Gasteiger partial charge in [0.15, 0.2) is 0 Å². The van der Waals surface area contributed by atoms with E-state index in [1.54, 1.807) is 7.05 Å². The first-order valence-electron chi connectivity index (χ1n) is 6.94. The van der Waals surface area contributed by atoms with Crippen LogP contribution in [0.25, 0.3) is 0 Å². The summed E-state index contributed by atoms with van der Waals surface area (Å²) < 4.78 is 0. The number of hydrogen-bond donors (Lipinski definition) is 2. The molecule has 0 spiro atoms. The molecule has 4 N–H and O–H groups in total. The van der Waals surface area contributed by atoms with Gasteiger partial charge in [0.25, 0.3) is 0 Å². The lowest BCUT2D eigenvalue weighted by Crippen LogP contribution is -2.54. The molecule has 2 rings (SSSR count). The van der Waals surface area contributed by atoms with Crippen LogP contribution in [0, 0.1) is 0 Å². The molecule has 7 heteroatoms. The lowest BCUT2D eigenvalue weighted by atomic mass is 10.2. The Bertz CT molecular complexity index is 489. The van der Waals surface area contributed by atoms with Crippen molar-refractivity contribution in [1.29, 1.82) is 0 Å². The van der Waals surface area contributed by atoms with E-state index in [0.29, 0.717) is 5.96 Å². The number of nitrogens with two attached hydrogens (primary N) is 2. The molecule has 1 saturated heterocycles. The van der Waals surface area contributed by atoms with Gasteiger partial charge in [-0.25, -0.2) is 5.84 Å². The van der Waals surface area contributed by atoms with Gasteiger partial charge in [0, 0.05) is 52.2 Å². The van der Waals surface area contributed by atoms with Crippen LogP contribution in [0.15, 0.2) is 41.9 Å². The third kappa shape index (κ3) is 4.44. The zero-order chi connectivity index (χ0) is 15.2. The topological polar surface area (TPSA) is 87.0 Å². The predicted octanol–water partition coefficient (Wildman–Crippen LogP) is -0.209. The molecule has 0 amide bonds. The maximum absolute atomic E-state index is 5.82. The van der Waals surface area contributed by atoms with Gasteiger partial charge in [0.2, 0.25) is 5.96 Å². The second-order valence-electron chi connectivity index (χ2n) is 5.13. The van der Waals surface area contributed by atoms with Crippen molar-refractivity contribution in [3.8, 4) is 0 Å². The normalized spacial score (nSPS) is 16.9. The summed E-state index contributed by atoms with van der Waals surface area (Å²) in [5, 5.41) is 1.48. The molecule has 0 radical (unpaired) electrons. The van der Waals surface area contributed by atoms with Crippen LogP contribution in [0.2, 0.25) is 0 Å². The Morgan fingerprint density at radius 3 is 2.48 bits per heavy atom. The molecule has 0 unspecified atom stereocenters. The smallest absolute Gasteiger partial charge is 0.217 e. The molecule has 1 aromatic rings. The van der Waals surface area contributed by atoms with E-state index >= 15 is 0 Å². The number of guanidine groups is 1. The van der Waals surface area contributed by atoms with Crippen molar-refractivity contribution in [2.24, 2.45) is 16.6 Å². The van der Waals surface area contributed by atoms with Crippen LogP contribution < -0.4 is 11.6 Å². The Hall–Kier alpha value is -2.12. The summed E-state index contributed by atoms with van der Waals surface area (Å²) in [6.45, 7) is 8.16. The van der Waals surface area contributed by atoms with E-state index in [0.717, 1.165) is 32.7 Å². The van der Waals surface area contributed by atoms with Gasteiger partial charge < -0.3 is 10.6 Å². The average molecular weight is 289 g/mol. The summed E-state index contributed by atoms with van der Waals surface area (Å²) >= 11 is 0. The maximum Gasteiger partial charge on any atom is 0.217 e. The van der Waals surface area contributed by atoms with Crippen molar-refractivity contribution in [2.75, 3.05) is 33.2 Å². The number of hydrazine groups is 1. The van der Waals surface area contributed by atoms with Crippen molar-refractivity contribution in [3.05, 3.63) is 42.5 Å². The number of rotatable bonds is 3. The van der Waals surface area contributed by atoms with E-state index in [1.807, 2.05) is 24.5 Å². The summed E-state index contributed by atoms with van der Waals surface area (Å²) in [4.78, 5) is 12.8. The summed E-state index contributed by atoms with van der Waals surface area (Å²) in [5.41, 5.74) is 6.84. The first kappa shape index (κ1) is 15.3. The molecular formula is C14H23N7. The van der Waals surface area contributed by atoms with Crippen LogP contribution in [0.5, 0.6) is 0 Å². The molecule has 1 aliphatic rings. The van der Waals surface area contributed by atoms with Crippen molar-refractivity contribution < 1.29 is 0 Å². The van der Waals surface area contributed by atoms with Crippen LogP contribution in [0.1, 0.15) is 5.56 Å². The molecule has 0 saturated carbocycles. The lowest BCUT2D eigenvalue weighted by Gasteiger charge is -2.37. The monoisotopic (exact) mass is 289 g/mol. The van der Waals surface area contributed by atoms with Crippen LogP contribution in [-0.2, 0) is 6.54 Å². The third-order valence-electron chi connectivity index (χ3n) is 3.37. The molecule has 0 atom stereocenters. The highest BCUT2D eigenvalue weighted by Gasteiger charge is 2.21. The van der Waals surface area contributed by atoms with E-state index in [1.165, 1.54) is 10.6 Å². The zero-order valence-corrected chi connectivity index (χ0v) is 12.4. The van der Waals surface area contributed by atoms with Gasteiger partial charge in [-0.1, -0.05) is 6.58 Å². The van der Waals surface area contributed by atoms with Crippen LogP contribution in [0.4, 0.5) is 0 Å². The lowest BCUT2D eigenvalue weighted by molar-refractivity contribution is 0.165. The number of nitrogens with zero attached hydrogens (tertiary/aromatic N) is 5. The first-order chi connectivity index (χ1) is 10.1. The van der Waals surface area contributed by atoms with Gasteiger partial charge in [0.1, 0.15) is 5.82 Å². The number of pyridine rings is 1. The zero-order valence-electron chi connectivity index (χ0n) is 12.4. The highest BCUT2D eigenvalue weighted by Crippen LogP contribution is 2.09. The van der Waals surface area contributed by atoms with E-state index in [2.05, 4.69) is 26.4 Å². The van der Waals surface area contributed by atoms with Gasteiger partial charge in [-0.3, -0.25) is 14.9 Å². The minimum atomic E-state index is 0.265. The molecule has 2 heterocycles. The molecule has 1 aromatic heterocycles. The second kappa shape index (κ2) is 7.05. The molecule has 114 valence electrons. The largest absolute Gasteiger partial charge is 0.384 e. The Kier molecular flexibility index (Phi) is 5.13. The summed E-state index contributed by atoms with van der Waals surface area (Å²) in [6, 6.07) is 4.09. The highest BCUT2D eigenvalue weighted by atomic mass is 15.5. The summed E-state index contributed by atoms with van der Waals surface area (Å²) in [6.07, 6.45) is 3.65. The van der Waals surface area contributed by atoms with Gasteiger partial charge in [-0.2, -0.15) is 4.99 Å². The maximum atomic E-state index is 5.82. The third-order valence-corrected chi connectivity index (χ3v) is 3.37. The molecule has 1 fully saturated rings. The quantitative estimate of drug-likeness (QED) is 0.346. The number of aromatic nitrogens is 1. The Morgan fingerprint density at radius 1 is 1.33 bits per heavy atom. The van der Waals surface area contributed by atoms with Gasteiger partial charge in [-0.05, 0) is 17.7 Å². The number of hydrogen-bond acceptors (Lipinski definition) is 5. The molecule has 0 aromatic carbocycles. The van der Waals surface area contributed by atoms with Crippen molar-refractivity contribution in [3.63, 3.8) is 0 Å². The van der Waals surface area contributed by atoms with E-state index in [-0.39, 0.29) is 5.82 Å². The molecule has 7 nitrogen and oxygen atoms in total. The van der Waals surface area contributed by atoms with Crippen LogP contribution in [-0.4, -0.2) is 59.0 Å². The van der Waals surface area contributed by atoms with E-state index < -0.39 is 0 Å². The summed E-state index contributed by atoms with van der Waals surface area (Å²) in [5.74, 6) is 6.74. The molecule has 0 aliphatic carbocycles. The van der Waals surface area contributed by atoms with Gasteiger partial charge in [0.05, 0.1) is 0 Å². The fraction of sp³-hybridized carbons (Fsp3) is 0.429. The first-order valence-corrected chi connectivity index (χ1v) is 6.94. The molecule has 1 aliphatic heterocycles. The fourth-order valence-electron chi connectivity index (χ4n) is 2.35. The van der Waals surface area contributed by atoms with E-state index in [9.17, 15) is 0 Å². The average Bonchev–Trinajstić information content (AvgIpc) is 2.46. The molecule has 21 heavy (non-hydrogen) atoms. The Balaban J connectivity index is 1.92.